The maximum Gasteiger partial charge on any atom is 0.269 e. The van der Waals surface area contributed by atoms with Crippen molar-refractivity contribution in [2.75, 3.05) is 0 Å². The molecule has 6 aromatic rings. The van der Waals surface area contributed by atoms with E-state index in [1.54, 1.807) is 18.3 Å². The van der Waals surface area contributed by atoms with Crippen LogP contribution in [0.5, 0.6) is 0 Å². The molecule has 0 radical (unpaired) electrons. The number of nitriles is 1. The maximum absolute atomic E-state index is 11.0. The summed E-state index contributed by atoms with van der Waals surface area (Å²) in [6.45, 7) is 4.06. The Bertz CT molecular complexity index is 2000. The molecule has 0 amide bonds. The molecule has 6 rings (SSSR count). The van der Waals surface area contributed by atoms with Crippen molar-refractivity contribution in [1.82, 2.24) is 4.57 Å². The first-order valence-electron chi connectivity index (χ1n) is 13.7. The van der Waals surface area contributed by atoms with Crippen molar-refractivity contribution in [3.8, 4) is 45.3 Å². The molecular formula is C36H26N4O3. The van der Waals surface area contributed by atoms with E-state index in [9.17, 15) is 15.4 Å². The minimum atomic E-state index is -0.400. The third kappa shape index (κ3) is 5.25. The smallest absolute Gasteiger partial charge is 0.269 e. The van der Waals surface area contributed by atoms with E-state index in [-0.39, 0.29) is 11.6 Å². The molecular weight excluding hydrogens is 536 g/mol. The van der Waals surface area contributed by atoms with Crippen LogP contribution in [-0.4, -0.2) is 15.7 Å². The number of non-ortho nitro benzene ring substituents is 1. The van der Waals surface area contributed by atoms with Crippen LogP contribution in [0.2, 0.25) is 0 Å². The molecule has 2 heterocycles. The van der Waals surface area contributed by atoms with Crippen LogP contribution in [0.25, 0.3) is 39.3 Å². The molecule has 0 fully saturated rings. The van der Waals surface area contributed by atoms with Crippen molar-refractivity contribution < 1.29 is 9.34 Å². The molecule has 4 aromatic carbocycles. The summed E-state index contributed by atoms with van der Waals surface area (Å²) in [4.78, 5) is 15.3. The molecule has 0 N–H and O–H groups in total. The Hall–Kier alpha value is -6.00. The van der Waals surface area contributed by atoms with Crippen LogP contribution in [0.4, 0.5) is 11.6 Å². The zero-order valence-electron chi connectivity index (χ0n) is 23.6. The normalized spacial score (nSPS) is 11.1. The van der Waals surface area contributed by atoms with Gasteiger partial charge in [-0.15, -0.1) is 0 Å². The monoisotopic (exact) mass is 562 g/mol. The summed E-state index contributed by atoms with van der Waals surface area (Å²) in [7, 11) is 0. The summed E-state index contributed by atoms with van der Waals surface area (Å²) in [5, 5.41) is 21.2. The summed E-state index contributed by atoms with van der Waals surface area (Å²) >= 11 is 0. The van der Waals surface area contributed by atoms with Gasteiger partial charge in [-0.1, -0.05) is 72.8 Å². The van der Waals surface area contributed by atoms with Gasteiger partial charge in [-0.05, 0) is 60.9 Å². The number of aliphatic imine (C=N–C) groups is 1. The first-order valence-corrected chi connectivity index (χ1v) is 13.7. The zero-order valence-corrected chi connectivity index (χ0v) is 23.6. The highest BCUT2D eigenvalue weighted by molar-refractivity contribution is 5.90. The predicted molar refractivity (Wildman–Crippen MR) is 169 cm³/mol. The number of hydrogen-bond donors (Lipinski definition) is 0. The SMILES string of the molecule is Cc1cc(C=Nc2oc(-c3ccccc3)c(-c3ccccc3)c2C#N)c(C)n1-c1ccc(-c2ccc([N+](=O)[O-])cc2)cc1. The first-order chi connectivity index (χ1) is 20.9. The van der Waals surface area contributed by atoms with Crippen molar-refractivity contribution in [3.05, 3.63) is 148 Å². The minimum absolute atomic E-state index is 0.0668. The van der Waals surface area contributed by atoms with Gasteiger partial charge in [0, 0.05) is 52.1 Å². The van der Waals surface area contributed by atoms with Gasteiger partial charge in [0.1, 0.15) is 17.4 Å². The Morgan fingerprint density at radius 2 is 1.40 bits per heavy atom. The molecule has 208 valence electrons. The Balaban J connectivity index is 1.34. The molecule has 0 aliphatic rings. The highest BCUT2D eigenvalue weighted by Gasteiger charge is 2.23. The van der Waals surface area contributed by atoms with Crippen LogP contribution in [-0.2, 0) is 0 Å². The molecule has 0 aliphatic carbocycles. The van der Waals surface area contributed by atoms with E-state index in [4.69, 9.17) is 4.42 Å². The van der Waals surface area contributed by atoms with Gasteiger partial charge in [-0.2, -0.15) is 5.26 Å². The summed E-state index contributed by atoms with van der Waals surface area (Å²) in [6, 6.07) is 38.4. The van der Waals surface area contributed by atoms with Crippen molar-refractivity contribution in [1.29, 1.82) is 5.26 Å². The molecule has 7 nitrogen and oxygen atoms in total. The lowest BCUT2D eigenvalue weighted by molar-refractivity contribution is -0.384. The number of aromatic nitrogens is 1. The summed E-state index contributed by atoms with van der Waals surface area (Å²) in [5.74, 6) is 0.867. The van der Waals surface area contributed by atoms with Gasteiger partial charge < -0.3 is 8.98 Å². The molecule has 0 aliphatic heterocycles. The second-order valence-corrected chi connectivity index (χ2v) is 10.1. The van der Waals surface area contributed by atoms with E-state index in [0.29, 0.717) is 11.3 Å². The third-order valence-corrected chi connectivity index (χ3v) is 7.43. The number of nitrogens with zero attached hydrogens (tertiary/aromatic N) is 4. The second kappa shape index (κ2) is 11.5. The zero-order chi connectivity index (χ0) is 29.9. The van der Waals surface area contributed by atoms with Crippen molar-refractivity contribution in [2.24, 2.45) is 4.99 Å². The van der Waals surface area contributed by atoms with E-state index >= 15 is 0 Å². The van der Waals surface area contributed by atoms with E-state index in [2.05, 4.69) is 15.6 Å². The molecule has 0 saturated carbocycles. The number of hydrogen-bond acceptors (Lipinski definition) is 5. The van der Waals surface area contributed by atoms with Gasteiger partial charge in [0.05, 0.1) is 4.92 Å². The Labute approximate surface area is 248 Å². The van der Waals surface area contributed by atoms with Crippen LogP contribution in [0, 0.1) is 35.3 Å². The number of benzene rings is 4. The molecule has 0 saturated heterocycles. The second-order valence-electron chi connectivity index (χ2n) is 10.1. The van der Waals surface area contributed by atoms with Gasteiger partial charge >= 0.3 is 0 Å². The van der Waals surface area contributed by atoms with Gasteiger partial charge in [0.15, 0.2) is 0 Å². The van der Waals surface area contributed by atoms with Gasteiger partial charge in [-0.25, -0.2) is 4.99 Å². The van der Waals surface area contributed by atoms with Crippen LogP contribution < -0.4 is 0 Å². The number of nitro groups is 1. The Morgan fingerprint density at radius 1 is 0.814 bits per heavy atom. The van der Waals surface area contributed by atoms with Crippen LogP contribution in [0.1, 0.15) is 22.5 Å². The standard InChI is InChI=1S/C36H26N4O3/c1-24-21-30(25(2)39(24)31-17-13-26(14-18-31)27-15-19-32(20-16-27)40(41)42)23-38-36-33(22-37)34(28-9-5-3-6-10-28)35(43-36)29-11-7-4-8-12-29/h3-21,23H,1-2H3. The summed E-state index contributed by atoms with van der Waals surface area (Å²) in [5.41, 5.74) is 8.70. The highest BCUT2D eigenvalue weighted by atomic mass is 16.6. The quantitative estimate of drug-likeness (QED) is 0.110. The Kier molecular flexibility index (Phi) is 7.25. The van der Waals surface area contributed by atoms with Crippen molar-refractivity contribution >= 4 is 17.8 Å². The molecule has 0 unspecified atom stereocenters. The largest absolute Gasteiger partial charge is 0.436 e. The lowest BCUT2D eigenvalue weighted by atomic mass is 9.98. The molecule has 7 heteroatoms. The summed E-state index contributed by atoms with van der Waals surface area (Å²) in [6.07, 6.45) is 1.74. The van der Waals surface area contributed by atoms with Crippen molar-refractivity contribution in [3.63, 3.8) is 0 Å². The van der Waals surface area contributed by atoms with Crippen LogP contribution in [0.3, 0.4) is 0 Å². The average Bonchev–Trinajstić information content (AvgIpc) is 3.56. The molecule has 43 heavy (non-hydrogen) atoms. The molecule has 2 aromatic heterocycles. The first kappa shape index (κ1) is 27.2. The lowest BCUT2D eigenvalue weighted by Gasteiger charge is -2.11. The Morgan fingerprint density at radius 3 is 1.98 bits per heavy atom. The number of aryl methyl sites for hydroxylation is 1. The topological polar surface area (TPSA) is 97.4 Å². The number of nitro benzene ring substituents is 1. The predicted octanol–water partition coefficient (Wildman–Crippen LogP) is 9.22. The fourth-order valence-electron chi connectivity index (χ4n) is 5.31. The summed E-state index contributed by atoms with van der Waals surface area (Å²) < 4.78 is 8.41. The number of furan rings is 1. The molecule has 0 bridgehead atoms. The average molecular weight is 563 g/mol. The van der Waals surface area contributed by atoms with E-state index in [1.807, 2.05) is 105 Å². The third-order valence-electron chi connectivity index (χ3n) is 7.43. The van der Waals surface area contributed by atoms with E-state index < -0.39 is 4.92 Å². The van der Waals surface area contributed by atoms with Gasteiger partial charge in [0.2, 0.25) is 5.88 Å². The number of rotatable bonds is 7. The fraction of sp³-hybridized carbons (Fsp3) is 0.0556. The maximum atomic E-state index is 11.0. The fourth-order valence-corrected chi connectivity index (χ4v) is 5.31. The molecule has 0 spiro atoms. The lowest BCUT2D eigenvalue weighted by Crippen LogP contribution is -1.99. The highest BCUT2D eigenvalue weighted by Crippen LogP contribution is 2.42. The van der Waals surface area contributed by atoms with Crippen LogP contribution in [0.15, 0.2) is 125 Å². The van der Waals surface area contributed by atoms with Crippen molar-refractivity contribution in [2.45, 2.75) is 13.8 Å². The van der Waals surface area contributed by atoms with E-state index in [1.165, 1.54) is 12.1 Å². The minimum Gasteiger partial charge on any atom is -0.436 e. The van der Waals surface area contributed by atoms with Crippen LogP contribution >= 0.6 is 0 Å². The molecule has 0 atom stereocenters. The van der Waals surface area contributed by atoms with Gasteiger partial charge in [-0.3, -0.25) is 10.1 Å². The van der Waals surface area contributed by atoms with E-state index in [0.717, 1.165) is 50.5 Å². The van der Waals surface area contributed by atoms with Gasteiger partial charge in [0.25, 0.3) is 5.69 Å².